The van der Waals surface area contributed by atoms with Gasteiger partial charge in [0.2, 0.25) is 0 Å². The smallest absolute Gasteiger partial charge is 0.333 e. The number of carbonyl (C=O) groups excluding carboxylic acids is 3. The van der Waals surface area contributed by atoms with Crippen LogP contribution in [0.25, 0.3) is 0 Å². The number of amides is 4. The maximum absolute atomic E-state index is 11.8. The summed E-state index contributed by atoms with van der Waals surface area (Å²) in [4.78, 5) is 34.9. The maximum Gasteiger partial charge on any atom is 0.333 e. The fourth-order valence-electron chi connectivity index (χ4n) is 1.78. The normalized spacial score (nSPS) is 9.88. The quantitative estimate of drug-likeness (QED) is 0.483. The number of nitrogens with one attached hydrogen (secondary N) is 4. The molecule has 0 radical (unpaired) electrons. The van der Waals surface area contributed by atoms with E-state index in [4.69, 9.17) is 4.42 Å². The van der Waals surface area contributed by atoms with Crippen molar-refractivity contribution in [3.63, 3.8) is 0 Å². The topological polar surface area (TPSA) is 112 Å². The van der Waals surface area contributed by atoms with Gasteiger partial charge in [-0.1, -0.05) is 17.7 Å². The second-order valence-electron chi connectivity index (χ2n) is 4.93. The van der Waals surface area contributed by atoms with Gasteiger partial charge in [0.05, 0.1) is 6.26 Å². The van der Waals surface area contributed by atoms with Crippen molar-refractivity contribution in [3.05, 3.63) is 59.5 Å². The Kier molecular flexibility index (Phi) is 5.95. The Labute approximate surface area is 138 Å². The lowest BCUT2D eigenvalue weighted by molar-refractivity contribution is 0.0924. The molecular formula is C16H18N4O4. The summed E-state index contributed by atoms with van der Waals surface area (Å²) in [6.07, 6.45) is 1.40. The number of urea groups is 1. The number of rotatable bonds is 5. The lowest BCUT2D eigenvalue weighted by atomic mass is 10.1. The monoisotopic (exact) mass is 330 g/mol. The van der Waals surface area contributed by atoms with Crippen LogP contribution >= 0.6 is 0 Å². The molecule has 4 N–H and O–H groups in total. The maximum atomic E-state index is 11.8. The van der Waals surface area contributed by atoms with Crippen LogP contribution in [-0.4, -0.2) is 30.9 Å². The van der Waals surface area contributed by atoms with Gasteiger partial charge in [0.25, 0.3) is 11.8 Å². The van der Waals surface area contributed by atoms with Crippen molar-refractivity contribution >= 4 is 17.8 Å². The minimum atomic E-state index is -0.581. The van der Waals surface area contributed by atoms with Crippen molar-refractivity contribution in [1.29, 1.82) is 0 Å². The van der Waals surface area contributed by atoms with E-state index in [1.807, 2.05) is 6.92 Å². The summed E-state index contributed by atoms with van der Waals surface area (Å²) >= 11 is 0. The zero-order valence-corrected chi connectivity index (χ0v) is 13.1. The van der Waals surface area contributed by atoms with Gasteiger partial charge in [-0.3, -0.25) is 15.0 Å². The van der Waals surface area contributed by atoms with E-state index >= 15 is 0 Å². The SMILES string of the molecule is Cc1ccc(C(=O)NNC(=O)NCCNC(=O)c2ccco2)cc1. The molecule has 8 heteroatoms. The van der Waals surface area contributed by atoms with Gasteiger partial charge in [-0.15, -0.1) is 0 Å². The molecule has 4 amide bonds. The van der Waals surface area contributed by atoms with Crippen molar-refractivity contribution in [1.82, 2.24) is 21.5 Å². The molecule has 1 heterocycles. The molecule has 0 aliphatic rings. The fourth-order valence-corrected chi connectivity index (χ4v) is 1.78. The minimum absolute atomic E-state index is 0.193. The largest absolute Gasteiger partial charge is 0.459 e. The van der Waals surface area contributed by atoms with E-state index < -0.39 is 11.9 Å². The minimum Gasteiger partial charge on any atom is -0.459 e. The van der Waals surface area contributed by atoms with Crippen LogP contribution < -0.4 is 21.5 Å². The van der Waals surface area contributed by atoms with Crippen LogP contribution in [0.5, 0.6) is 0 Å². The number of hydrogen-bond donors (Lipinski definition) is 4. The Hall–Kier alpha value is -3.29. The molecule has 0 atom stereocenters. The van der Waals surface area contributed by atoms with Crippen LogP contribution in [0.1, 0.15) is 26.5 Å². The standard InChI is InChI=1S/C16H18N4O4/c1-11-4-6-12(7-5-11)14(21)19-20-16(23)18-9-8-17-15(22)13-3-2-10-24-13/h2-7,10H,8-9H2,1H3,(H,17,22)(H,19,21)(H2,18,20,23). The van der Waals surface area contributed by atoms with Crippen molar-refractivity contribution in [3.8, 4) is 0 Å². The molecule has 0 saturated carbocycles. The predicted octanol–water partition coefficient (Wildman–Crippen LogP) is 0.962. The van der Waals surface area contributed by atoms with Crippen molar-refractivity contribution in [2.45, 2.75) is 6.92 Å². The van der Waals surface area contributed by atoms with E-state index in [0.29, 0.717) is 5.56 Å². The van der Waals surface area contributed by atoms with Crippen molar-refractivity contribution in [2.75, 3.05) is 13.1 Å². The van der Waals surface area contributed by atoms with E-state index in [0.717, 1.165) is 5.56 Å². The number of aryl methyl sites for hydroxylation is 1. The lowest BCUT2D eigenvalue weighted by Crippen LogP contribution is -2.48. The average molecular weight is 330 g/mol. The second-order valence-corrected chi connectivity index (χ2v) is 4.93. The molecule has 2 aromatic rings. The van der Waals surface area contributed by atoms with Crippen LogP contribution in [-0.2, 0) is 0 Å². The van der Waals surface area contributed by atoms with Crippen LogP contribution in [0.2, 0.25) is 0 Å². The molecule has 0 spiro atoms. The molecule has 8 nitrogen and oxygen atoms in total. The van der Waals surface area contributed by atoms with Crippen LogP contribution in [0.3, 0.4) is 0 Å². The lowest BCUT2D eigenvalue weighted by Gasteiger charge is -2.09. The zero-order chi connectivity index (χ0) is 17.4. The van der Waals surface area contributed by atoms with E-state index in [1.165, 1.54) is 12.3 Å². The number of hydrazine groups is 1. The van der Waals surface area contributed by atoms with Gasteiger partial charge < -0.3 is 15.1 Å². The van der Waals surface area contributed by atoms with Gasteiger partial charge in [-0.25, -0.2) is 10.2 Å². The van der Waals surface area contributed by atoms with Gasteiger partial charge in [0.1, 0.15) is 0 Å². The molecule has 0 saturated heterocycles. The summed E-state index contributed by atoms with van der Waals surface area (Å²) in [5, 5.41) is 5.06. The Morgan fingerprint density at radius 1 is 0.917 bits per heavy atom. The Morgan fingerprint density at radius 2 is 1.62 bits per heavy atom. The first-order valence-electron chi connectivity index (χ1n) is 7.29. The van der Waals surface area contributed by atoms with E-state index in [2.05, 4.69) is 21.5 Å². The Bertz CT molecular complexity index is 695. The number of hydrogen-bond acceptors (Lipinski definition) is 4. The first-order chi connectivity index (χ1) is 11.6. The molecule has 0 fully saturated rings. The van der Waals surface area contributed by atoms with E-state index in [9.17, 15) is 14.4 Å². The highest BCUT2D eigenvalue weighted by Crippen LogP contribution is 2.02. The van der Waals surface area contributed by atoms with E-state index in [-0.39, 0.29) is 24.8 Å². The zero-order valence-electron chi connectivity index (χ0n) is 13.1. The summed E-state index contributed by atoms with van der Waals surface area (Å²) in [5.74, 6) is -0.587. The van der Waals surface area contributed by atoms with Crippen LogP contribution in [0.15, 0.2) is 47.1 Å². The summed E-state index contributed by atoms with van der Waals surface area (Å²) < 4.78 is 4.93. The number of furan rings is 1. The van der Waals surface area contributed by atoms with Gasteiger partial charge >= 0.3 is 6.03 Å². The average Bonchev–Trinajstić information content (AvgIpc) is 3.11. The highest BCUT2D eigenvalue weighted by molar-refractivity contribution is 5.95. The molecule has 126 valence electrons. The molecule has 1 aromatic heterocycles. The summed E-state index contributed by atoms with van der Waals surface area (Å²) in [5.41, 5.74) is 5.99. The van der Waals surface area contributed by atoms with Gasteiger partial charge in [0.15, 0.2) is 5.76 Å². The molecule has 0 aliphatic heterocycles. The van der Waals surface area contributed by atoms with E-state index in [1.54, 1.807) is 30.3 Å². The molecule has 0 aliphatic carbocycles. The highest BCUT2D eigenvalue weighted by atomic mass is 16.3. The fraction of sp³-hybridized carbons (Fsp3) is 0.188. The third kappa shape index (κ3) is 5.16. The summed E-state index contributed by atoms with van der Waals surface area (Å²) in [6, 6.07) is 9.49. The summed E-state index contributed by atoms with van der Waals surface area (Å²) in [6.45, 7) is 2.33. The Balaban J connectivity index is 1.62. The van der Waals surface area contributed by atoms with Gasteiger partial charge in [-0.05, 0) is 31.2 Å². The second kappa shape index (κ2) is 8.37. The molecule has 24 heavy (non-hydrogen) atoms. The molecule has 0 bridgehead atoms. The molecule has 2 rings (SSSR count). The Morgan fingerprint density at radius 3 is 2.29 bits per heavy atom. The number of carbonyl (C=O) groups is 3. The van der Waals surface area contributed by atoms with Gasteiger partial charge in [-0.2, -0.15) is 0 Å². The highest BCUT2D eigenvalue weighted by Gasteiger charge is 2.08. The van der Waals surface area contributed by atoms with Crippen LogP contribution in [0, 0.1) is 6.92 Å². The van der Waals surface area contributed by atoms with Crippen LogP contribution in [0.4, 0.5) is 4.79 Å². The number of benzene rings is 1. The third-order valence-electron chi connectivity index (χ3n) is 3.04. The third-order valence-corrected chi connectivity index (χ3v) is 3.04. The first kappa shape index (κ1) is 17.1. The molecular weight excluding hydrogens is 312 g/mol. The van der Waals surface area contributed by atoms with Gasteiger partial charge in [0, 0.05) is 18.7 Å². The predicted molar refractivity (Wildman–Crippen MR) is 86.2 cm³/mol. The van der Waals surface area contributed by atoms with Crippen molar-refractivity contribution < 1.29 is 18.8 Å². The first-order valence-corrected chi connectivity index (χ1v) is 7.29. The molecule has 1 aromatic carbocycles. The molecule has 0 unspecified atom stereocenters. The van der Waals surface area contributed by atoms with Crippen molar-refractivity contribution in [2.24, 2.45) is 0 Å². The summed E-state index contributed by atoms with van der Waals surface area (Å²) in [7, 11) is 0.